The summed E-state index contributed by atoms with van der Waals surface area (Å²) in [5.74, 6) is 0.145. The van der Waals surface area contributed by atoms with Gasteiger partial charge in [-0.2, -0.15) is 0 Å². The van der Waals surface area contributed by atoms with Crippen molar-refractivity contribution in [3.8, 4) is 0 Å². The minimum absolute atomic E-state index is 0.145. The molecular weight excluding hydrogens is 236 g/mol. The van der Waals surface area contributed by atoms with E-state index >= 15 is 0 Å². The number of nitrogens with zero attached hydrogens (tertiary/aromatic N) is 1. The van der Waals surface area contributed by atoms with Gasteiger partial charge in [-0.15, -0.1) is 0 Å². The number of rotatable bonds is 5. The van der Waals surface area contributed by atoms with Crippen LogP contribution >= 0.6 is 0 Å². The zero-order valence-electron chi connectivity index (χ0n) is 12.2. The zero-order chi connectivity index (χ0) is 13.8. The molecule has 0 unspecified atom stereocenters. The van der Waals surface area contributed by atoms with Gasteiger partial charge >= 0.3 is 0 Å². The van der Waals surface area contributed by atoms with E-state index in [2.05, 4.69) is 18.3 Å². The molecule has 0 heterocycles. The van der Waals surface area contributed by atoms with Gasteiger partial charge in [0.25, 0.3) is 5.91 Å². The molecule has 1 fully saturated rings. The molecule has 1 aromatic rings. The number of carbonyl (C=O) groups excluding carboxylic acids is 1. The lowest BCUT2D eigenvalue weighted by Crippen LogP contribution is -2.41. The van der Waals surface area contributed by atoms with Crippen molar-refractivity contribution in [2.75, 3.05) is 18.9 Å². The van der Waals surface area contributed by atoms with Crippen LogP contribution in [0.15, 0.2) is 18.2 Å². The summed E-state index contributed by atoms with van der Waals surface area (Å²) in [6.07, 6.45) is 4.59. The summed E-state index contributed by atoms with van der Waals surface area (Å²) < 4.78 is 0. The van der Waals surface area contributed by atoms with Crippen molar-refractivity contribution in [2.24, 2.45) is 0 Å². The van der Waals surface area contributed by atoms with Crippen molar-refractivity contribution >= 4 is 11.6 Å². The monoisotopic (exact) mass is 260 g/mol. The van der Waals surface area contributed by atoms with Crippen molar-refractivity contribution in [3.05, 3.63) is 29.3 Å². The summed E-state index contributed by atoms with van der Waals surface area (Å²) in [5, 5.41) is 3.35. The van der Waals surface area contributed by atoms with Gasteiger partial charge in [-0.1, -0.05) is 18.6 Å². The van der Waals surface area contributed by atoms with Crippen molar-refractivity contribution in [1.29, 1.82) is 0 Å². The summed E-state index contributed by atoms with van der Waals surface area (Å²) in [4.78, 5) is 14.5. The highest BCUT2D eigenvalue weighted by Gasteiger charge is 2.27. The predicted octanol–water partition coefficient (Wildman–Crippen LogP) is 3.44. The summed E-state index contributed by atoms with van der Waals surface area (Å²) >= 11 is 0. The van der Waals surface area contributed by atoms with Gasteiger partial charge in [0.1, 0.15) is 0 Å². The van der Waals surface area contributed by atoms with Crippen LogP contribution < -0.4 is 5.32 Å². The fourth-order valence-corrected chi connectivity index (χ4v) is 2.38. The Bertz CT molecular complexity index is 452. The molecule has 0 aromatic heterocycles. The third-order valence-electron chi connectivity index (χ3n) is 3.91. The summed E-state index contributed by atoms with van der Waals surface area (Å²) in [5.41, 5.74) is 2.90. The van der Waals surface area contributed by atoms with Crippen molar-refractivity contribution in [2.45, 2.75) is 45.6 Å². The lowest BCUT2D eigenvalue weighted by Gasteiger charge is -2.35. The maximum atomic E-state index is 12.6. The number of benzene rings is 1. The first-order chi connectivity index (χ1) is 9.13. The molecule has 0 spiro atoms. The second kappa shape index (κ2) is 6.09. The lowest BCUT2D eigenvalue weighted by atomic mass is 9.91. The van der Waals surface area contributed by atoms with E-state index in [-0.39, 0.29) is 5.91 Å². The van der Waals surface area contributed by atoms with Crippen LogP contribution in [0.25, 0.3) is 0 Å². The Balaban J connectivity index is 2.20. The van der Waals surface area contributed by atoms with E-state index in [4.69, 9.17) is 0 Å². The Morgan fingerprint density at radius 3 is 2.74 bits per heavy atom. The maximum Gasteiger partial charge on any atom is 0.255 e. The maximum absolute atomic E-state index is 12.6. The smallest absolute Gasteiger partial charge is 0.255 e. The molecule has 1 aliphatic rings. The fourth-order valence-electron chi connectivity index (χ4n) is 2.38. The van der Waals surface area contributed by atoms with Crippen LogP contribution in [0.3, 0.4) is 0 Å². The highest BCUT2D eigenvalue weighted by molar-refractivity contribution is 5.99. The molecule has 0 bridgehead atoms. The largest absolute Gasteiger partial charge is 0.384 e. The van der Waals surface area contributed by atoms with Crippen molar-refractivity contribution < 1.29 is 4.79 Å². The van der Waals surface area contributed by atoms with Crippen molar-refractivity contribution in [3.63, 3.8) is 0 Å². The molecule has 1 N–H and O–H groups in total. The van der Waals surface area contributed by atoms with Gasteiger partial charge < -0.3 is 10.2 Å². The molecular formula is C16H24N2O. The van der Waals surface area contributed by atoms with Gasteiger partial charge in [0.2, 0.25) is 0 Å². The van der Waals surface area contributed by atoms with E-state index in [0.29, 0.717) is 6.04 Å². The number of carbonyl (C=O) groups is 1. The van der Waals surface area contributed by atoms with E-state index in [1.165, 1.54) is 6.42 Å². The summed E-state index contributed by atoms with van der Waals surface area (Å²) in [7, 11) is 1.93. The van der Waals surface area contributed by atoms with E-state index in [0.717, 1.165) is 42.6 Å². The molecule has 0 atom stereocenters. The molecule has 3 heteroatoms. The number of anilines is 1. The Labute approximate surface area is 116 Å². The molecule has 2 rings (SSSR count). The van der Waals surface area contributed by atoms with E-state index in [9.17, 15) is 4.79 Å². The van der Waals surface area contributed by atoms with Gasteiger partial charge in [-0.25, -0.2) is 0 Å². The molecule has 0 aliphatic heterocycles. The first-order valence-electron chi connectivity index (χ1n) is 7.25. The van der Waals surface area contributed by atoms with E-state index in [1.807, 2.05) is 31.0 Å². The molecule has 1 aromatic carbocycles. The van der Waals surface area contributed by atoms with Gasteiger partial charge in [0, 0.05) is 25.3 Å². The first-order valence-corrected chi connectivity index (χ1v) is 7.25. The van der Waals surface area contributed by atoms with Gasteiger partial charge in [-0.05, 0) is 44.7 Å². The molecule has 1 amide bonds. The average molecular weight is 260 g/mol. The lowest BCUT2D eigenvalue weighted by molar-refractivity contribution is 0.0653. The first kappa shape index (κ1) is 13.9. The standard InChI is InChI=1S/C16H24N2O/c1-4-10-17-15-9-8-12(2)11-14(15)16(19)18(3)13-6-5-7-13/h8-9,11,13,17H,4-7,10H2,1-3H3. The third kappa shape index (κ3) is 3.09. The van der Waals surface area contributed by atoms with E-state index in [1.54, 1.807) is 0 Å². The quantitative estimate of drug-likeness (QED) is 0.879. The van der Waals surface area contributed by atoms with Crippen LogP contribution in [0, 0.1) is 6.92 Å². The molecule has 0 saturated heterocycles. The number of amides is 1. The van der Waals surface area contributed by atoms with Gasteiger partial charge in [0.15, 0.2) is 0 Å². The molecule has 104 valence electrons. The van der Waals surface area contributed by atoms with E-state index < -0.39 is 0 Å². The van der Waals surface area contributed by atoms with Crippen molar-refractivity contribution in [1.82, 2.24) is 4.90 Å². The number of hydrogen-bond donors (Lipinski definition) is 1. The molecule has 1 saturated carbocycles. The summed E-state index contributed by atoms with van der Waals surface area (Å²) in [6, 6.07) is 6.51. The second-order valence-electron chi connectivity index (χ2n) is 5.48. The SMILES string of the molecule is CCCNc1ccc(C)cc1C(=O)N(C)C1CCC1. The van der Waals surface area contributed by atoms with Gasteiger partial charge in [-0.3, -0.25) is 4.79 Å². The number of hydrogen-bond acceptors (Lipinski definition) is 2. The van der Waals surface area contributed by atoms with Gasteiger partial charge in [0.05, 0.1) is 5.56 Å². The molecule has 19 heavy (non-hydrogen) atoms. The second-order valence-corrected chi connectivity index (χ2v) is 5.48. The Morgan fingerprint density at radius 1 is 1.42 bits per heavy atom. The molecule has 0 radical (unpaired) electrons. The third-order valence-corrected chi connectivity index (χ3v) is 3.91. The summed E-state index contributed by atoms with van der Waals surface area (Å²) in [6.45, 7) is 5.06. The normalized spacial score (nSPS) is 14.9. The van der Waals surface area contributed by atoms with Crippen LogP contribution in [-0.4, -0.2) is 30.4 Å². The highest BCUT2D eigenvalue weighted by atomic mass is 16.2. The minimum Gasteiger partial charge on any atom is -0.384 e. The average Bonchev–Trinajstić information content (AvgIpc) is 2.34. The molecule has 3 nitrogen and oxygen atoms in total. The fraction of sp³-hybridized carbons (Fsp3) is 0.562. The van der Waals surface area contributed by atoms with Crippen LogP contribution in [-0.2, 0) is 0 Å². The van der Waals surface area contributed by atoms with Crippen LogP contribution in [0.5, 0.6) is 0 Å². The van der Waals surface area contributed by atoms with Crippen LogP contribution in [0.2, 0.25) is 0 Å². The van der Waals surface area contributed by atoms with Crippen LogP contribution in [0.4, 0.5) is 5.69 Å². The highest BCUT2D eigenvalue weighted by Crippen LogP contribution is 2.27. The number of nitrogens with one attached hydrogen (secondary N) is 1. The Morgan fingerprint density at radius 2 is 2.16 bits per heavy atom. The minimum atomic E-state index is 0.145. The Hall–Kier alpha value is -1.51. The Kier molecular flexibility index (Phi) is 4.46. The topological polar surface area (TPSA) is 32.3 Å². The van der Waals surface area contributed by atoms with Crippen LogP contribution in [0.1, 0.15) is 48.5 Å². The molecule has 1 aliphatic carbocycles. The number of aryl methyl sites for hydroxylation is 1. The zero-order valence-corrected chi connectivity index (χ0v) is 12.2. The predicted molar refractivity (Wildman–Crippen MR) is 79.7 cm³/mol.